The Hall–Kier alpha value is -1.53. The normalized spacial score (nSPS) is 16.1. The molecule has 0 aromatic heterocycles. The predicted molar refractivity (Wildman–Crippen MR) is 93.3 cm³/mol. The van der Waals surface area contributed by atoms with E-state index in [1.54, 1.807) is 11.8 Å². The Morgan fingerprint density at radius 2 is 1.91 bits per heavy atom. The molecule has 1 aromatic carbocycles. The number of carbonyl (C=O) groups is 2. The van der Waals surface area contributed by atoms with Crippen LogP contribution in [0.3, 0.4) is 0 Å². The van der Waals surface area contributed by atoms with E-state index in [0.717, 1.165) is 32.5 Å². The Bertz CT molecular complexity index is 542. The molecule has 2 N–H and O–H groups in total. The van der Waals surface area contributed by atoms with Gasteiger partial charge in [0.05, 0.1) is 0 Å². The molecule has 0 atom stereocenters. The standard InChI is InChI=1S/C17H25N3O2S/c1-18-16(21)17(22)19-11-13-7-9-20(10-8-13)12-14-5-3-4-6-15(14)23-2/h3-6,13H,7-12H2,1-2H3,(H,18,21)(H,19,22). The number of likely N-dealkylation sites (N-methyl/N-ethyl adjacent to an activating group) is 1. The number of carbonyl (C=O) groups excluding carboxylic acids is 2. The Kier molecular flexibility index (Phi) is 6.92. The SMILES string of the molecule is CNC(=O)C(=O)NCC1CCN(Cc2ccccc2SC)CC1. The lowest BCUT2D eigenvalue weighted by Gasteiger charge is -2.32. The molecule has 0 unspecified atom stereocenters. The molecule has 5 nitrogen and oxygen atoms in total. The van der Waals surface area contributed by atoms with Gasteiger partial charge in [0.2, 0.25) is 0 Å². The smallest absolute Gasteiger partial charge is 0.309 e. The molecule has 0 radical (unpaired) electrons. The van der Waals surface area contributed by atoms with Crippen LogP contribution in [0.25, 0.3) is 0 Å². The summed E-state index contributed by atoms with van der Waals surface area (Å²) in [7, 11) is 1.47. The van der Waals surface area contributed by atoms with Crippen molar-refractivity contribution in [1.82, 2.24) is 15.5 Å². The molecule has 1 heterocycles. The van der Waals surface area contributed by atoms with Crippen LogP contribution in [0.2, 0.25) is 0 Å². The Morgan fingerprint density at radius 1 is 1.22 bits per heavy atom. The number of piperidine rings is 1. The molecule has 1 fully saturated rings. The minimum absolute atomic E-state index is 0.454. The number of rotatable bonds is 5. The van der Waals surface area contributed by atoms with Gasteiger partial charge in [-0.05, 0) is 49.7 Å². The highest BCUT2D eigenvalue weighted by molar-refractivity contribution is 7.98. The van der Waals surface area contributed by atoms with E-state index in [2.05, 4.69) is 46.1 Å². The van der Waals surface area contributed by atoms with Gasteiger partial charge in [-0.3, -0.25) is 14.5 Å². The van der Waals surface area contributed by atoms with E-state index in [9.17, 15) is 9.59 Å². The summed E-state index contributed by atoms with van der Waals surface area (Å²) in [5.41, 5.74) is 1.38. The van der Waals surface area contributed by atoms with Crippen molar-refractivity contribution in [1.29, 1.82) is 0 Å². The molecular formula is C17H25N3O2S. The first-order chi connectivity index (χ1) is 11.1. The summed E-state index contributed by atoms with van der Waals surface area (Å²) in [6, 6.07) is 8.54. The van der Waals surface area contributed by atoms with Crippen molar-refractivity contribution >= 4 is 23.6 Å². The fraction of sp³-hybridized carbons (Fsp3) is 0.529. The maximum Gasteiger partial charge on any atom is 0.309 e. The highest BCUT2D eigenvalue weighted by atomic mass is 32.2. The van der Waals surface area contributed by atoms with E-state index in [0.29, 0.717) is 12.5 Å². The second-order valence-electron chi connectivity index (χ2n) is 5.82. The van der Waals surface area contributed by atoms with Crippen LogP contribution in [0.4, 0.5) is 0 Å². The molecule has 0 aliphatic carbocycles. The largest absolute Gasteiger partial charge is 0.351 e. The molecule has 2 rings (SSSR count). The van der Waals surface area contributed by atoms with Crippen molar-refractivity contribution < 1.29 is 9.59 Å². The molecule has 0 saturated carbocycles. The van der Waals surface area contributed by atoms with Crippen LogP contribution < -0.4 is 10.6 Å². The van der Waals surface area contributed by atoms with Gasteiger partial charge in [0, 0.05) is 25.0 Å². The first kappa shape index (κ1) is 17.8. The summed E-state index contributed by atoms with van der Waals surface area (Å²) >= 11 is 1.79. The molecule has 23 heavy (non-hydrogen) atoms. The molecule has 0 bridgehead atoms. The third kappa shape index (κ3) is 5.25. The number of benzene rings is 1. The number of nitrogens with zero attached hydrogens (tertiary/aromatic N) is 1. The van der Waals surface area contributed by atoms with Crippen molar-refractivity contribution in [2.24, 2.45) is 5.92 Å². The van der Waals surface area contributed by atoms with Gasteiger partial charge in [0.15, 0.2) is 0 Å². The zero-order chi connectivity index (χ0) is 16.7. The highest BCUT2D eigenvalue weighted by Crippen LogP contribution is 2.24. The van der Waals surface area contributed by atoms with Gasteiger partial charge in [0.25, 0.3) is 0 Å². The van der Waals surface area contributed by atoms with Crippen LogP contribution in [-0.4, -0.2) is 49.7 Å². The third-order valence-electron chi connectivity index (χ3n) is 4.28. The number of amides is 2. The summed E-state index contributed by atoms with van der Waals surface area (Å²) in [5, 5.41) is 5.05. The Labute approximate surface area is 142 Å². The molecule has 126 valence electrons. The third-order valence-corrected chi connectivity index (χ3v) is 5.12. The zero-order valence-electron chi connectivity index (χ0n) is 13.8. The summed E-state index contributed by atoms with van der Waals surface area (Å²) in [6.45, 7) is 3.63. The maximum absolute atomic E-state index is 11.5. The molecule has 2 amide bonds. The fourth-order valence-electron chi connectivity index (χ4n) is 2.85. The quantitative estimate of drug-likeness (QED) is 0.632. The lowest BCUT2D eigenvalue weighted by Crippen LogP contribution is -2.42. The highest BCUT2D eigenvalue weighted by Gasteiger charge is 2.21. The van der Waals surface area contributed by atoms with Gasteiger partial charge >= 0.3 is 11.8 Å². The van der Waals surface area contributed by atoms with Crippen LogP contribution in [0.5, 0.6) is 0 Å². The van der Waals surface area contributed by atoms with E-state index in [1.165, 1.54) is 17.5 Å². The van der Waals surface area contributed by atoms with Crippen molar-refractivity contribution in [2.45, 2.75) is 24.3 Å². The molecule has 1 aliphatic rings. The van der Waals surface area contributed by atoms with Gasteiger partial charge in [-0.1, -0.05) is 18.2 Å². The number of hydrogen-bond donors (Lipinski definition) is 2. The number of hydrogen-bond acceptors (Lipinski definition) is 4. The topological polar surface area (TPSA) is 61.4 Å². The summed E-state index contributed by atoms with van der Waals surface area (Å²) in [6.07, 6.45) is 4.21. The van der Waals surface area contributed by atoms with Gasteiger partial charge < -0.3 is 10.6 Å². The van der Waals surface area contributed by atoms with E-state index in [-0.39, 0.29) is 0 Å². The molecule has 1 aliphatic heterocycles. The number of thioether (sulfide) groups is 1. The molecule has 1 saturated heterocycles. The minimum atomic E-state index is -0.573. The minimum Gasteiger partial charge on any atom is -0.351 e. The number of likely N-dealkylation sites (tertiary alicyclic amines) is 1. The molecule has 6 heteroatoms. The van der Waals surface area contributed by atoms with Crippen molar-refractivity contribution in [3.8, 4) is 0 Å². The zero-order valence-corrected chi connectivity index (χ0v) is 14.6. The molecule has 0 spiro atoms. The van der Waals surface area contributed by atoms with Gasteiger partial charge in [-0.2, -0.15) is 0 Å². The Morgan fingerprint density at radius 3 is 2.57 bits per heavy atom. The van der Waals surface area contributed by atoms with Crippen LogP contribution in [0.1, 0.15) is 18.4 Å². The number of nitrogens with one attached hydrogen (secondary N) is 2. The Balaban J connectivity index is 1.76. The van der Waals surface area contributed by atoms with Gasteiger partial charge in [0.1, 0.15) is 0 Å². The van der Waals surface area contributed by atoms with Crippen molar-refractivity contribution in [2.75, 3.05) is 32.9 Å². The summed E-state index contributed by atoms with van der Waals surface area (Å²) in [5.74, 6) is -0.657. The average Bonchev–Trinajstić information content (AvgIpc) is 2.60. The second-order valence-corrected chi connectivity index (χ2v) is 6.67. The first-order valence-electron chi connectivity index (χ1n) is 7.98. The summed E-state index contributed by atoms with van der Waals surface area (Å²) in [4.78, 5) is 26.4. The monoisotopic (exact) mass is 335 g/mol. The lowest BCUT2D eigenvalue weighted by molar-refractivity contribution is -0.139. The average molecular weight is 335 g/mol. The molecule has 1 aromatic rings. The molecular weight excluding hydrogens is 310 g/mol. The summed E-state index contributed by atoms with van der Waals surface area (Å²) < 4.78 is 0. The lowest BCUT2D eigenvalue weighted by atomic mass is 9.96. The van der Waals surface area contributed by atoms with E-state index in [4.69, 9.17) is 0 Å². The first-order valence-corrected chi connectivity index (χ1v) is 9.20. The van der Waals surface area contributed by atoms with Crippen molar-refractivity contribution in [3.63, 3.8) is 0 Å². The van der Waals surface area contributed by atoms with Crippen LogP contribution in [0.15, 0.2) is 29.2 Å². The van der Waals surface area contributed by atoms with Gasteiger partial charge in [-0.25, -0.2) is 0 Å². The fourth-order valence-corrected chi connectivity index (χ4v) is 3.46. The van der Waals surface area contributed by atoms with Crippen LogP contribution in [0, 0.1) is 5.92 Å². The van der Waals surface area contributed by atoms with Gasteiger partial charge in [-0.15, -0.1) is 11.8 Å². The predicted octanol–water partition coefficient (Wildman–Crippen LogP) is 1.48. The van der Waals surface area contributed by atoms with Crippen molar-refractivity contribution in [3.05, 3.63) is 29.8 Å². The maximum atomic E-state index is 11.5. The van der Waals surface area contributed by atoms with E-state index in [1.807, 2.05) is 0 Å². The van der Waals surface area contributed by atoms with E-state index < -0.39 is 11.8 Å². The van der Waals surface area contributed by atoms with Crippen LogP contribution >= 0.6 is 11.8 Å². The second kappa shape index (κ2) is 8.93. The van der Waals surface area contributed by atoms with E-state index >= 15 is 0 Å². The van der Waals surface area contributed by atoms with Crippen LogP contribution in [-0.2, 0) is 16.1 Å².